The average Bonchev–Trinajstić information content (AvgIpc) is 3.01. The molecular weight excluding hydrogens is 274 g/mol. The van der Waals surface area contributed by atoms with Crippen molar-refractivity contribution in [2.75, 3.05) is 0 Å². The second kappa shape index (κ2) is 4.60. The molecule has 3 N–H and O–H groups in total. The SMILES string of the molecule is Cc1noc(C)c1S(=O)(=O)NC(C(N)=S)C1CC1. The van der Waals surface area contributed by atoms with E-state index in [1.807, 2.05) is 0 Å². The van der Waals surface area contributed by atoms with Gasteiger partial charge in [0, 0.05) is 0 Å². The molecule has 0 aliphatic heterocycles. The predicted octanol–water partition coefficient (Wildman–Crippen LogP) is 0.634. The molecule has 0 amide bonds. The van der Waals surface area contributed by atoms with Gasteiger partial charge in [-0.1, -0.05) is 17.4 Å². The topological polar surface area (TPSA) is 98.2 Å². The summed E-state index contributed by atoms with van der Waals surface area (Å²) in [7, 11) is -3.70. The first-order valence-corrected chi connectivity index (χ1v) is 7.46. The summed E-state index contributed by atoms with van der Waals surface area (Å²) in [4.78, 5) is 0.247. The first-order valence-electron chi connectivity index (χ1n) is 5.57. The van der Waals surface area contributed by atoms with E-state index in [2.05, 4.69) is 9.88 Å². The van der Waals surface area contributed by atoms with Crippen LogP contribution in [0.15, 0.2) is 9.42 Å². The number of hydrogen-bond donors (Lipinski definition) is 2. The summed E-state index contributed by atoms with van der Waals surface area (Å²) in [6.07, 6.45) is 1.87. The van der Waals surface area contributed by atoms with Gasteiger partial charge in [0.25, 0.3) is 0 Å². The molecule has 1 aliphatic rings. The van der Waals surface area contributed by atoms with Gasteiger partial charge in [0.1, 0.15) is 10.6 Å². The van der Waals surface area contributed by atoms with Gasteiger partial charge < -0.3 is 10.3 Å². The summed E-state index contributed by atoms with van der Waals surface area (Å²) in [6.45, 7) is 3.14. The van der Waals surface area contributed by atoms with E-state index in [0.29, 0.717) is 5.69 Å². The fourth-order valence-electron chi connectivity index (χ4n) is 1.90. The molecule has 0 spiro atoms. The standard InChI is InChI=1S/C10H15N3O3S2/c1-5-9(6(2)16-12-5)18(14,15)13-8(10(11)17)7-3-4-7/h7-8,13H,3-4H2,1-2H3,(H2,11,17). The van der Waals surface area contributed by atoms with Crippen LogP contribution >= 0.6 is 12.2 Å². The summed E-state index contributed by atoms with van der Waals surface area (Å²) >= 11 is 4.91. The van der Waals surface area contributed by atoms with Gasteiger partial charge in [-0.15, -0.1) is 0 Å². The van der Waals surface area contributed by atoms with Gasteiger partial charge in [-0.05, 0) is 32.6 Å². The molecule has 2 rings (SSSR count). The number of aromatic nitrogens is 1. The van der Waals surface area contributed by atoms with Crippen molar-refractivity contribution < 1.29 is 12.9 Å². The molecule has 1 aromatic heterocycles. The van der Waals surface area contributed by atoms with E-state index in [-0.39, 0.29) is 21.6 Å². The Morgan fingerprint density at radius 3 is 2.56 bits per heavy atom. The average molecular weight is 289 g/mol. The molecular formula is C10H15N3O3S2. The third-order valence-corrected chi connectivity index (χ3v) is 4.86. The first kappa shape index (κ1) is 13.4. The van der Waals surface area contributed by atoms with Crippen LogP contribution in [0.2, 0.25) is 0 Å². The number of nitrogens with one attached hydrogen (secondary N) is 1. The van der Waals surface area contributed by atoms with Crippen LogP contribution < -0.4 is 10.5 Å². The highest BCUT2D eigenvalue weighted by molar-refractivity contribution is 7.89. The lowest BCUT2D eigenvalue weighted by Gasteiger charge is -2.16. The molecule has 8 heteroatoms. The summed E-state index contributed by atoms with van der Waals surface area (Å²) in [5.41, 5.74) is 5.91. The molecule has 1 unspecified atom stereocenters. The fourth-order valence-corrected chi connectivity index (χ4v) is 3.84. The Morgan fingerprint density at radius 2 is 2.17 bits per heavy atom. The maximum Gasteiger partial charge on any atom is 0.246 e. The molecule has 1 aromatic rings. The van der Waals surface area contributed by atoms with Crippen molar-refractivity contribution in [3.8, 4) is 0 Å². The van der Waals surface area contributed by atoms with E-state index >= 15 is 0 Å². The molecule has 6 nitrogen and oxygen atoms in total. The van der Waals surface area contributed by atoms with Crippen LogP contribution in [0.3, 0.4) is 0 Å². The van der Waals surface area contributed by atoms with Crippen LogP contribution in [0.5, 0.6) is 0 Å². The summed E-state index contributed by atoms with van der Waals surface area (Å²) in [6, 6.07) is -0.487. The molecule has 0 radical (unpaired) electrons. The fraction of sp³-hybridized carbons (Fsp3) is 0.600. The van der Waals surface area contributed by atoms with E-state index in [1.165, 1.54) is 0 Å². The summed E-state index contributed by atoms with van der Waals surface area (Å²) in [5, 5.41) is 3.64. The third-order valence-electron chi connectivity index (χ3n) is 2.92. The summed E-state index contributed by atoms with van der Waals surface area (Å²) < 4.78 is 31.9. The number of aryl methyl sites for hydroxylation is 2. The lowest BCUT2D eigenvalue weighted by Crippen LogP contribution is -2.45. The zero-order valence-electron chi connectivity index (χ0n) is 10.1. The van der Waals surface area contributed by atoms with Crippen LogP contribution in [-0.4, -0.2) is 24.6 Å². The maximum atomic E-state index is 12.3. The van der Waals surface area contributed by atoms with Gasteiger partial charge in [0.15, 0.2) is 5.76 Å². The van der Waals surface area contributed by atoms with Crippen LogP contribution in [0.25, 0.3) is 0 Å². The normalized spacial score (nSPS) is 17.7. The van der Waals surface area contributed by atoms with Crippen molar-refractivity contribution in [1.82, 2.24) is 9.88 Å². The molecule has 0 bridgehead atoms. The molecule has 1 fully saturated rings. The summed E-state index contributed by atoms with van der Waals surface area (Å²) in [5.74, 6) is 0.468. The van der Waals surface area contributed by atoms with Crippen molar-refractivity contribution in [2.45, 2.75) is 37.6 Å². The molecule has 1 heterocycles. The Kier molecular flexibility index (Phi) is 3.43. The van der Waals surface area contributed by atoms with Crippen molar-refractivity contribution >= 4 is 27.2 Å². The van der Waals surface area contributed by atoms with Crippen LogP contribution in [0.4, 0.5) is 0 Å². The van der Waals surface area contributed by atoms with Crippen molar-refractivity contribution in [2.24, 2.45) is 11.7 Å². The highest BCUT2D eigenvalue weighted by atomic mass is 32.2. The second-order valence-corrected chi connectivity index (χ2v) is 6.61. The Balaban J connectivity index is 2.29. The van der Waals surface area contributed by atoms with Crippen molar-refractivity contribution in [3.63, 3.8) is 0 Å². The minimum atomic E-state index is -3.70. The van der Waals surface area contributed by atoms with Crippen molar-refractivity contribution in [1.29, 1.82) is 0 Å². The predicted molar refractivity (Wildman–Crippen MR) is 69.6 cm³/mol. The Bertz CT molecular complexity index is 556. The number of nitrogens with two attached hydrogens (primary N) is 1. The zero-order chi connectivity index (χ0) is 13.5. The van der Waals surface area contributed by atoms with E-state index < -0.39 is 16.1 Å². The number of rotatable bonds is 5. The van der Waals surface area contributed by atoms with Gasteiger partial charge in [0.2, 0.25) is 10.0 Å². The number of nitrogens with zero attached hydrogens (tertiary/aromatic N) is 1. The van der Waals surface area contributed by atoms with Crippen LogP contribution in [-0.2, 0) is 10.0 Å². The minimum absolute atomic E-state index is 0.0735. The van der Waals surface area contributed by atoms with Gasteiger partial charge in [-0.2, -0.15) is 0 Å². The van der Waals surface area contributed by atoms with Crippen LogP contribution in [0.1, 0.15) is 24.3 Å². The van der Waals surface area contributed by atoms with E-state index in [9.17, 15) is 8.42 Å². The molecule has 1 saturated carbocycles. The quantitative estimate of drug-likeness (QED) is 0.772. The van der Waals surface area contributed by atoms with E-state index in [0.717, 1.165) is 12.8 Å². The van der Waals surface area contributed by atoms with Gasteiger partial charge in [-0.3, -0.25) is 0 Å². The monoisotopic (exact) mass is 289 g/mol. The molecule has 0 aromatic carbocycles. The highest BCUT2D eigenvalue weighted by Crippen LogP contribution is 2.33. The van der Waals surface area contributed by atoms with Gasteiger partial charge in [0.05, 0.1) is 11.0 Å². The number of thiocarbonyl (C=S) groups is 1. The lowest BCUT2D eigenvalue weighted by molar-refractivity contribution is 0.390. The molecule has 18 heavy (non-hydrogen) atoms. The Labute approximate surface area is 111 Å². The number of sulfonamides is 1. The van der Waals surface area contributed by atoms with Gasteiger partial charge >= 0.3 is 0 Å². The van der Waals surface area contributed by atoms with Crippen LogP contribution in [0, 0.1) is 19.8 Å². The Morgan fingerprint density at radius 1 is 1.56 bits per heavy atom. The van der Waals surface area contributed by atoms with E-state index in [1.54, 1.807) is 13.8 Å². The zero-order valence-corrected chi connectivity index (χ0v) is 11.8. The minimum Gasteiger partial charge on any atom is -0.392 e. The second-order valence-electron chi connectivity index (χ2n) is 4.49. The maximum absolute atomic E-state index is 12.3. The van der Waals surface area contributed by atoms with Crippen molar-refractivity contribution in [3.05, 3.63) is 11.5 Å². The molecule has 100 valence electrons. The van der Waals surface area contributed by atoms with Gasteiger partial charge in [-0.25, -0.2) is 13.1 Å². The van der Waals surface area contributed by atoms with E-state index in [4.69, 9.17) is 22.5 Å². The molecule has 0 saturated heterocycles. The molecule has 1 aliphatic carbocycles. The molecule has 1 atom stereocenters. The third kappa shape index (κ3) is 2.55. The Hall–Kier alpha value is -0.990. The lowest BCUT2D eigenvalue weighted by atomic mass is 10.2. The number of hydrogen-bond acceptors (Lipinski definition) is 5. The largest absolute Gasteiger partial charge is 0.392 e. The smallest absolute Gasteiger partial charge is 0.246 e. The first-order chi connectivity index (χ1) is 8.33. The highest BCUT2D eigenvalue weighted by Gasteiger charge is 2.37.